The maximum Gasteiger partial charge on any atom is 0.0594 e. The Balaban J connectivity index is 0.00000112. The van der Waals surface area contributed by atoms with Crippen LogP contribution in [0.15, 0.2) is 0 Å². The topological polar surface area (TPSA) is 24.5 Å². The third kappa shape index (κ3) is 5.94. The lowest BCUT2D eigenvalue weighted by Gasteiger charge is -2.27. The standard InChI is InChI=1S/C10H20N2OS.2ClH/c1-8-14-9-10(1)11-2-3-12-4-6-13-7-5-12;;/h10-11H,1-9H2;2*1H. The van der Waals surface area contributed by atoms with Crippen LogP contribution in [0.2, 0.25) is 0 Å². The van der Waals surface area contributed by atoms with Gasteiger partial charge in [0, 0.05) is 38.0 Å². The molecular formula is C10H22Cl2N2OS. The number of ether oxygens (including phenoxy) is 1. The molecule has 16 heavy (non-hydrogen) atoms. The summed E-state index contributed by atoms with van der Waals surface area (Å²) in [6.45, 7) is 6.39. The van der Waals surface area contributed by atoms with Crippen LogP contribution in [-0.2, 0) is 4.74 Å². The molecular weight excluding hydrogens is 267 g/mol. The molecule has 0 saturated carbocycles. The van der Waals surface area contributed by atoms with E-state index in [1.807, 2.05) is 0 Å². The molecule has 2 rings (SSSR count). The van der Waals surface area contributed by atoms with Crippen molar-refractivity contribution in [1.82, 2.24) is 10.2 Å². The van der Waals surface area contributed by atoms with E-state index in [9.17, 15) is 0 Å². The highest BCUT2D eigenvalue weighted by Crippen LogP contribution is 2.16. The van der Waals surface area contributed by atoms with Gasteiger partial charge in [-0.3, -0.25) is 4.90 Å². The van der Waals surface area contributed by atoms with Crippen LogP contribution in [-0.4, -0.2) is 61.8 Å². The van der Waals surface area contributed by atoms with E-state index in [4.69, 9.17) is 4.74 Å². The highest BCUT2D eigenvalue weighted by Gasteiger charge is 2.15. The number of thioether (sulfide) groups is 1. The summed E-state index contributed by atoms with van der Waals surface area (Å²) in [7, 11) is 0. The molecule has 2 heterocycles. The zero-order valence-electron chi connectivity index (χ0n) is 9.52. The third-order valence-electron chi connectivity index (χ3n) is 2.89. The van der Waals surface area contributed by atoms with Crippen molar-refractivity contribution in [2.75, 3.05) is 50.9 Å². The van der Waals surface area contributed by atoms with E-state index in [-0.39, 0.29) is 24.8 Å². The van der Waals surface area contributed by atoms with Crippen molar-refractivity contribution >= 4 is 36.6 Å². The van der Waals surface area contributed by atoms with Crippen molar-refractivity contribution in [3.8, 4) is 0 Å². The molecule has 0 spiro atoms. The lowest BCUT2D eigenvalue weighted by molar-refractivity contribution is 0.0382. The van der Waals surface area contributed by atoms with Crippen LogP contribution in [0.25, 0.3) is 0 Å². The lowest BCUT2D eigenvalue weighted by atomic mass is 10.2. The second-order valence-electron chi connectivity index (χ2n) is 3.97. The first-order chi connectivity index (χ1) is 6.95. The van der Waals surface area contributed by atoms with Crippen molar-refractivity contribution in [3.05, 3.63) is 0 Å². The minimum Gasteiger partial charge on any atom is -0.379 e. The Morgan fingerprint density at radius 2 is 2.00 bits per heavy atom. The van der Waals surface area contributed by atoms with Gasteiger partial charge in [0.1, 0.15) is 0 Å². The Morgan fingerprint density at radius 3 is 2.62 bits per heavy atom. The van der Waals surface area contributed by atoms with E-state index in [0.29, 0.717) is 0 Å². The monoisotopic (exact) mass is 288 g/mol. The number of halogens is 2. The van der Waals surface area contributed by atoms with Crippen LogP contribution in [0.1, 0.15) is 6.42 Å². The van der Waals surface area contributed by atoms with Gasteiger partial charge in [0.2, 0.25) is 0 Å². The molecule has 1 unspecified atom stereocenters. The molecule has 3 nitrogen and oxygen atoms in total. The average molecular weight is 289 g/mol. The average Bonchev–Trinajstić information content (AvgIpc) is 2.72. The van der Waals surface area contributed by atoms with Gasteiger partial charge in [-0.05, 0) is 12.2 Å². The highest BCUT2D eigenvalue weighted by molar-refractivity contribution is 7.99. The number of nitrogens with zero attached hydrogens (tertiary/aromatic N) is 1. The summed E-state index contributed by atoms with van der Waals surface area (Å²) in [5.41, 5.74) is 0. The van der Waals surface area contributed by atoms with Gasteiger partial charge in [0.15, 0.2) is 0 Å². The number of hydrogen-bond donors (Lipinski definition) is 1. The predicted octanol–water partition coefficient (Wildman–Crippen LogP) is 1.26. The zero-order valence-corrected chi connectivity index (χ0v) is 12.0. The van der Waals surface area contributed by atoms with Crippen molar-refractivity contribution in [2.24, 2.45) is 0 Å². The molecule has 1 N–H and O–H groups in total. The van der Waals surface area contributed by atoms with Crippen LogP contribution < -0.4 is 5.32 Å². The van der Waals surface area contributed by atoms with Gasteiger partial charge in [-0.2, -0.15) is 11.8 Å². The molecule has 0 bridgehead atoms. The van der Waals surface area contributed by atoms with Crippen molar-refractivity contribution in [1.29, 1.82) is 0 Å². The normalized spacial score (nSPS) is 25.9. The van der Waals surface area contributed by atoms with Gasteiger partial charge in [0.05, 0.1) is 13.2 Å². The van der Waals surface area contributed by atoms with Crippen LogP contribution in [0.5, 0.6) is 0 Å². The molecule has 0 radical (unpaired) electrons. The summed E-state index contributed by atoms with van der Waals surface area (Å²) in [6.07, 6.45) is 1.35. The highest BCUT2D eigenvalue weighted by atomic mass is 35.5. The van der Waals surface area contributed by atoms with Crippen molar-refractivity contribution in [2.45, 2.75) is 12.5 Å². The molecule has 2 fully saturated rings. The molecule has 2 saturated heterocycles. The van der Waals surface area contributed by atoms with Gasteiger partial charge >= 0.3 is 0 Å². The molecule has 2 aliphatic heterocycles. The number of morpholine rings is 1. The predicted molar refractivity (Wildman–Crippen MR) is 75.5 cm³/mol. The molecule has 98 valence electrons. The van der Waals surface area contributed by atoms with E-state index in [2.05, 4.69) is 22.0 Å². The minimum absolute atomic E-state index is 0. The molecule has 0 amide bonds. The van der Waals surface area contributed by atoms with Crippen LogP contribution >= 0.6 is 36.6 Å². The molecule has 2 aliphatic rings. The molecule has 0 aromatic heterocycles. The maximum absolute atomic E-state index is 5.31. The van der Waals surface area contributed by atoms with Crippen LogP contribution in [0.4, 0.5) is 0 Å². The summed E-state index contributed by atoms with van der Waals surface area (Å²) in [5.74, 6) is 2.65. The largest absolute Gasteiger partial charge is 0.379 e. The zero-order chi connectivity index (χ0) is 9.64. The minimum atomic E-state index is 0. The van der Waals surface area contributed by atoms with Gasteiger partial charge in [-0.25, -0.2) is 0 Å². The Bertz CT molecular complexity index is 165. The molecule has 6 heteroatoms. The molecule has 0 aliphatic carbocycles. The molecule has 1 atom stereocenters. The van der Waals surface area contributed by atoms with Gasteiger partial charge < -0.3 is 10.1 Å². The Morgan fingerprint density at radius 1 is 1.25 bits per heavy atom. The van der Waals surface area contributed by atoms with Crippen molar-refractivity contribution in [3.63, 3.8) is 0 Å². The summed E-state index contributed by atoms with van der Waals surface area (Å²) >= 11 is 2.07. The number of hydrogen-bond acceptors (Lipinski definition) is 4. The number of nitrogens with one attached hydrogen (secondary N) is 1. The van der Waals surface area contributed by atoms with Gasteiger partial charge in [0.25, 0.3) is 0 Å². The second-order valence-corrected chi connectivity index (χ2v) is 5.12. The third-order valence-corrected chi connectivity index (χ3v) is 4.06. The smallest absolute Gasteiger partial charge is 0.0594 e. The summed E-state index contributed by atoms with van der Waals surface area (Å²) in [5, 5.41) is 3.63. The van der Waals surface area contributed by atoms with E-state index >= 15 is 0 Å². The fourth-order valence-corrected chi connectivity index (χ4v) is 3.13. The Labute approximate surface area is 115 Å². The summed E-state index contributed by atoms with van der Waals surface area (Å²) in [4.78, 5) is 2.48. The summed E-state index contributed by atoms with van der Waals surface area (Å²) < 4.78 is 5.31. The van der Waals surface area contributed by atoms with E-state index in [1.54, 1.807) is 0 Å². The van der Waals surface area contributed by atoms with Crippen molar-refractivity contribution < 1.29 is 4.74 Å². The lowest BCUT2D eigenvalue weighted by Crippen LogP contribution is -2.42. The second kappa shape index (κ2) is 9.80. The molecule has 0 aromatic carbocycles. The summed E-state index contributed by atoms with van der Waals surface area (Å²) in [6, 6.07) is 0.779. The maximum atomic E-state index is 5.31. The quantitative estimate of drug-likeness (QED) is 0.842. The molecule has 0 aromatic rings. The van der Waals surface area contributed by atoms with Gasteiger partial charge in [-0.1, -0.05) is 0 Å². The fourth-order valence-electron chi connectivity index (χ4n) is 1.95. The number of rotatable bonds is 4. The first-order valence-corrected chi connectivity index (χ1v) is 6.72. The van der Waals surface area contributed by atoms with E-state index in [0.717, 1.165) is 38.9 Å². The fraction of sp³-hybridized carbons (Fsp3) is 1.00. The van der Waals surface area contributed by atoms with Crippen LogP contribution in [0, 0.1) is 0 Å². The van der Waals surface area contributed by atoms with Crippen LogP contribution in [0.3, 0.4) is 0 Å². The first kappa shape index (κ1) is 16.8. The SMILES string of the molecule is C(CN1CCOCC1)NC1CCSC1.Cl.Cl. The van der Waals surface area contributed by atoms with E-state index in [1.165, 1.54) is 24.5 Å². The Hall–Kier alpha value is 0.810. The van der Waals surface area contributed by atoms with E-state index < -0.39 is 0 Å². The first-order valence-electron chi connectivity index (χ1n) is 5.56. The Kier molecular flexibility index (Phi) is 10.3. The van der Waals surface area contributed by atoms with Gasteiger partial charge in [-0.15, -0.1) is 24.8 Å².